The number of hydroxylamine groups is 2. The lowest BCUT2D eigenvalue weighted by molar-refractivity contribution is -0.368. The number of unbranched alkanes of at least 4 members (excludes halogenated alkanes) is 6. The summed E-state index contributed by atoms with van der Waals surface area (Å²) in [5, 5.41) is 19.0. The Balaban J connectivity index is 3.45. The Morgan fingerprint density at radius 2 is 1.15 bits per heavy atom. The fourth-order valence-electron chi connectivity index (χ4n) is 1.82. The van der Waals surface area contributed by atoms with Gasteiger partial charge in [0.05, 0.1) is 19.8 Å². The van der Waals surface area contributed by atoms with Crippen molar-refractivity contribution in [3.8, 4) is 0 Å². The first kappa shape index (κ1) is 19.8. The van der Waals surface area contributed by atoms with Crippen molar-refractivity contribution in [1.29, 1.82) is 0 Å². The molecule has 122 valence electrons. The molecule has 0 heterocycles. The molecular weight excluding hydrogens is 258 g/mol. The summed E-state index contributed by atoms with van der Waals surface area (Å²) in [7, 11) is 0. The Hall–Kier alpha value is -0.200. The standard InChI is InChI=1S/C15H33NO4/c1-2-11-16(19-14-9-5-3-7-12-17)20-15-10-6-4-8-13-18/h17-18H,2-15H2,1H3. The van der Waals surface area contributed by atoms with Gasteiger partial charge in [0.2, 0.25) is 0 Å². The van der Waals surface area contributed by atoms with Gasteiger partial charge >= 0.3 is 0 Å². The van der Waals surface area contributed by atoms with Crippen molar-refractivity contribution in [2.24, 2.45) is 0 Å². The van der Waals surface area contributed by atoms with Crippen molar-refractivity contribution in [2.75, 3.05) is 33.0 Å². The summed E-state index contributed by atoms with van der Waals surface area (Å²) in [6.45, 7) is 4.80. The smallest absolute Gasteiger partial charge is 0.0711 e. The zero-order valence-corrected chi connectivity index (χ0v) is 13.1. The summed E-state index contributed by atoms with van der Waals surface area (Å²) in [6.07, 6.45) is 9.03. The highest BCUT2D eigenvalue weighted by molar-refractivity contribution is 4.42. The van der Waals surface area contributed by atoms with E-state index in [-0.39, 0.29) is 13.2 Å². The van der Waals surface area contributed by atoms with Crippen LogP contribution in [0.3, 0.4) is 0 Å². The topological polar surface area (TPSA) is 62.2 Å². The first-order valence-electron chi connectivity index (χ1n) is 8.10. The molecule has 0 aliphatic heterocycles. The zero-order chi connectivity index (χ0) is 14.9. The maximum absolute atomic E-state index is 8.68. The number of hydrogen-bond donors (Lipinski definition) is 2. The van der Waals surface area contributed by atoms with Crippen LogP contribution in [0.15, 0.2) is 0 Å². The number of nitrogens with zero attached hydrogens (tertiary/aromatic N) is 1. The van der Waals surface area contributed by atoms with Gasteiger partial charge in [0, 0.05) is 13.2 Å². The van der Waals surface area contributed by atoms with Crippen LogP contribution in [-0.4, -0.2) is 48.4 Å². The van der Waals surface area contributed by atoms with Crippen LogP contribution in [0.4, 0.5) is 0 Å². The molecule has 5 heteroatoms. The lowest BCUT2D eigenvalue weighted by atomic mass is 10.2. The van der Waals surface area contributed by atoms with Gasteiger partial charge < -0.3 is 10.2 Å². The molecule has 0 rings (SSSR count). The Morgan fingerprint density at radius 1 is 0.700 bits per heavy atom. The van der Waals surface area contributed by atoms with Gasteiger partial charge in [-0.3, -0.25) is 9.68 Å². The third kappa shape index (κ3) is 14.2. The Kier molecular flexibility index (Phi) is 16.7. The molecule has 0 aromatic carbocycles. The molecule has 0 unspecified atom stereocenters. The highest BCUT2D eigenvalue weighted by Gasteiger charge is 2.04. The van der Waals surface area contributed by atoms with Gasteiger partial charge in [-0.2, -0.15) is 0 Å². The highest BCUT2D eigenvalue weighted by atomic mass is 16.9. The van der Waals surface area contributed by atoms with Crippen molar-refractivity contribution < 1.29 is 19.9 Å². The SMILES string of the molecule is CCCN(OCCCCCCO)OCCCCCCO. The molecule has 0 fully saturated rings. The lowest BCUT2D eigenvalue weighted by Gasteiger charge is -2.20. The molecule has 0 saturated heterocycles. The first-order chi connectivity index (χ1) is 9.85. The average molecular weight is 291 g/mol. The van der Waals surface area contributed by atoms with Crippen LogP contribution >= 0.6 is 0 Å². The van der Waals surface area contributed by atoms with Gasteiger partial charge in [0.1, 0.15) is 0 Å². The second kappa shape index (κ2) is 16.9. The zero-order valence-electron chi connectivity index (χ0n) is 13.1. The summed E-state index contributed by atoms with van der Waals surface area (Å²) in [6, 6.07) is 0. The minimum atomic E-state index is 0.280. The molecule has 2 N–H and O–H groups in total. The van der Waals surface area contributed by atoms with Crippen molar-refractivity contribution in [3.63, 3.8) is 0 Å². The molecule has 0 radical (unpaired) electrons. The second-order valence-electron chi connectivity index (χ2n) is 5.00. The van der Waals surface area contributed by atoms with E-state index in [0.717, 1.165) is 64.3 Å². The highest BCUT2D eigenvalue weighted by Crippen LogP contribution is 2.04. The van der Waals surface area contributed by atoms with E-state index in [2.05, 4.69) is 6.92 Å². The van der Waals surface area contributed by atoms with Crippen molar-refractivity contribution in [3.05, 3.63) is 0 Å². The van der Waals surface area contributed by atoms with Gasteiger partial charge in [-0.1, -0.05) is 37.8 Å². The van der Waals surface area contributed by atoms with Gasteiger partial charge in [0.15, 0.2) is 0 Å². The summed E-state index contributed by atoms with van der Waals surface area (Å²) >= 11 is 0. The van der Waals surface area contributed by atoms with Crippen LogP contribution < -0.4 is 0 Å². The predicted octanol–water partition coefficient (Wildman–Crippen LogP) is 2.67. The maximum Gasteiger partial charge on any atom is 0.0711 e. The minimum absolute atomic E-state index is 0.280. The first-order valence-corrected chi connectivity index (χ1v) is 8.10. The van der Waals surface area contributed by atoms with E-state index >= 15 is 0 Å². The molecule has 0 bridgehead atoms. The molecule has 0 aromatic heterocycles. The van der Waals surface area contributed by atoms with Crippen LogP contribution in [0.5, 0.6) is 0 Å². The van der Waals surface area contributed by atoms with Crippen LogP contribution in [0.1, 0.15) is 64.7 Å². The van der Waals surface area contributed by atoms with E-state index in [1.165, 1.54) is 0 Å². The third-order valence-electron chi connectivity index (χ3n) is 2.98. The number of aliphatic hydroxyl groups excluding tert-OH is 2. The fraction of sp³-hybridized carbons (Fsp3) is 1.00. The number of aliphatic hydroxyl groups is 2. The molecule has 20 heavy (non-hydrogen) atoms. The largest absolute Gasteiger partial charge is 0.396 e. The third-order valence-corrected chi connectivity index (χ3v) is 2.98. The maximum atomic E-state index is 8.68. The van der Waals surface area contributed by atoms with Crippen LogP contribution in [0.2, 0.25) is 0 Å². The van der Waals surface area contributed by atoms with E-state index in [4.69, 9.17) is 19.9 Å². The minimum Gasteiger partial charge on any atom is -0.396 e. The van der Waals surface area contributed by atoms with Crippen molar-refractivity contribution >= 4 is 0 Å². The van der Waals surface area contributed by atoms with Gasteiger partial charge in [-0.15, -0.1) is 0 Å². The fourth-order valence-corrected chi connectivity index (χ4v) is 1.82. The molecule has 0 saturated carbocycles. The monoisotopic (exact) mass is 291 g/mol. The molecular formula is C15H33NO4. The van der Waals surface area contributed by atoms with Crippen molar-refractivity contribution in [2.45, 2.75) is 64.7 Å². The molecule has 0 aliphatic rings. The van der Waals surface area contributed by atoms with Crippen molar-refractivity contribution in [1.82, 2.24) is 5.23 Å². The van der Waals surface area contributed by atoms with E-state index in [0.29, 0.717) is 13.2 Å². The van der Waals surface area contributed by atoms with E-state index in [9.17, 15) is 0 Å². The Bertz CT molecular complexity index is 165. The molecule has 0 aliphatic carbocycles. The molecule has 5 nitrogen and oxygen atoms in total. The average Bonchev–Trinajstić information content (AvgIpc) is 2.46. The molecule has 0 atom stereocenters. The normalized spacial score (nSPS) is 11.4. The van der Waals surface area contributed by atoms with Gasteiger partial charge in [-0.25, -0.2) is 0 Å². The predicted molar refractivity (Wildman–Crippen MR) is 80.0 cm³/mol. The van der Waals surface area contributed by atoms with Crippen LogP contribution in [0.25, 0.3) is 0 Å². The van der Waals surface area contributed by atoms with E-state index in [1.54, 1.807) is 5.23 Å². The number of rotatable bonds is 16. The summed E-state index contributed by atoms with van der Waals surface area (Å²) in [5.74, 6) is 0. The number of hydrogen-bond acceptors (Lipinski definition) is 5. The summed E-state index contributed by atoms with van der Waals surface area (Å²) in [5.41, 5.74) is 0. The molecule has 0 amide bonds. The quantitative estimate of drug-likeness (QED) is 0.338. The van der Waals surface area contributed by atoms with Crippen LogP contribution in [0, 0.1) is 0 Å². The molecule has 0 spiro atoms. The summed E-state index contributed by atoms with van der Waals surface area (Å²) < 4.78 is 0. The van der Waals surface area contributed by atoms with E-state index in [1.807, 2.05) is 0 Å². The second-order valence-corrected chi connectivity index (χ2v) is 5.00. The van der Waals surface area contributed by atoms with Crippen LogP contribution in [-0.2, 0) is 9.68 Å². The molecule has 0 aromatic rings. The van der Waals surface area contributed by atoms with Gasteiger partial charge in [-0.05, 0) is 32.1 Å². The summed E-state index contributed by atoms with van der Waals surface area (Å²) in [4.78, 5) is 11.2. The van der Waals surface area contributed by atoms with Gasteiger partial charge in [0.25, 0.3) is 0 Å². The Labute approximate surface area is 123 Å². The lowest BCUT2D eigenvalue weighted by Crippen LogP contribution is -2.26. The Morgan fingerprint density at radius 3 is 1.55 bits per heavy atom. The van der Waals surface area contributed by atoms with E-state index < -0.39 is 0 Å².